The summed E-state index contributed by atoms with van der Waals surface area (Å²) in [5, 5.41) is 11.1. The molecular formula is C10H9ClN2O4. The number of amides is 1. The number of anilines is 1. The third kappa shape index (κ3) is 3.76. The number of carbonyl (C=O) groups is 2. The van der Waals surface area contributed by atoms with Crippen LogP contribution in [0.5, 0.6) is 0 Å². The zero-order valence-corrected chi connectivity index (χ0v) is 9.40. The molecule has 0 unspecified atom stereocenters. The monoisotopic (exact) mass is 256 g/mol. The lowest BCUT2D eigenvalue weighted by atomic mass is 10.2. The summed E-state index contributed by atoms with van der Waals surface area (Å²) < 4.78 is 4.63. The number of carbonyl (C=O) groups excluding carboxylic acids is 1. The number of hydrogen-bond acceptors (Lipinski definition) is 4. The maximum Gasteiger partial charge on any atom is 0.413 e. The van der Waals surface area contributed by atoms with E-state index in [1.807, 2.05) is 0 Å². The number of pyridine rings is 1. The van der Waals surface area contributed by atoms with Gasteiger partial charge in [-0.25, -0.2) is 14.6 Å². The van der Waals surface area contributed by atoms with Gasteiger partial charge < -0.3 is 9.84 Å². The van der Waals surface area contributed by atoms with E-state index in [-0.39, 0.29) is 23.1 Å². The minimum Gasteiger partial charge on any atom is -0.478 e. The van der Waals surface area contributed by atoms with Crippen LogP contribution in [0.3, 0.4) is 0 Å². The summed E-state index contributed by atoms with van der Waals surface area (Å²) in [5.41, 5.74) is -0.176. The van der Waals surface area contributed by atoms with Gasteiger partial charge in [-0.15, -0.1) is 0 Å². The van der Waals surface area contributed by atoms with Crippen LogP contribution in [0.25, 0.3) is 0 Å². The zero-order chi connectivity index (χ0) is 12.8. The van der Waals surface area contributed by atoms with Gasteiger partial charge in [-0.2, -0.15) is 0 Å². The third-order valence-electron chi connectivity index (χ3n) is 1.64. The molecule has 0 spiro atoms. The van der Waals surface area contributed by atoms with Gasteiger partial charge in [0, 0.05) is 0 Å². The van der Waals surface area contributed by atoms with E-state index in [1.165, 1.54) is 18.2 Å². The molecule has 1 heterocycles. The highest BCUT2D eigenvalue weighted by Crippen LogP contribution is 2.16. The molecule has 0 aliphatic rings. The van der Waals surface area contributed by atoms with Crippen molar-refractivity contribution >= 4 is 29.5 Å². The lowest BCUT2D eigenvalue weighted by Gasteiger charge is -2.07. The molecule has 2 N–H and O–H groups in total. The molecule has 0 atom stereocenters. The standard InChI is InChI=1S/C10H9ClN2O4/c1-2-5-17-10(16)13-8-6(9(14)15)3-4-7(11)12-8/h2-4H,1,5H2,(H,14,15)(H,12,13,16). The van der Waals surface area contributed by atoms with Crippen LogP contribution in [0.1, 0.15) is 10.4 Å². The van der Waals surface area contributed by atoms with Gasteiger partial charge in [-0.3, -0.25) is 5.32 Å². The number of ether oxygens (including phenoxy) is 1. The predicted octanol–water partition coefficient (Wildman–Crippen LogP) is 2.17. The summed E-state index contributed by atoms with van der Waals surface area (Å²) in [4.78, 5) is 25.7. The van der Waals surface area contributed by atoms with Crippen LogP contribution in [-0.4, -0.2) is 28.8 Å². The Morgan fingerprint density at radius 2 is 2.29 bits per heavy atom. The molecule has 1 rings (SSSR count). The number of aromatic carboxylic acids is 1. The number of nitrogens with zero attached hydrogens (tertiary/aromatic N) is 1. The van der Waals surface area contributed by atoms with Crippen molar-refractivity contribution in [3.05, 3.63) is 35.5 Å². The number of carboxylic acids is 1. The fourth-order valence-corrected chi connectivity index (χ4v) is 1.12. The number of halogens is 1. The minimum atomic E-state index is -1.23. The van der Waals surface area contributed by atoms with Crippen molar-refractivity contribution in [3.8, 4) is 0 Å². The zero-order valence-electron chi connectivity index (χ0n) is 8.64. The van der Waals surface area contributed by atoms with Crippen molar-refractivity contribution < 1.29 is 19.4 Å². The second-order valence-electron chi connectivity index (χ2n) is 2.85. The lowest BCUT2D eigenvalue weighted by molar-refractivity contribution is 0.0697. The summed E-state index contributed by atoms with van der Waals surface area (Å²) >= 11 is 5.60. The van der Waals surface area contributed by atoms with Gasteiger partial charge in [-0.1, -0.05) is 24.3 Å². The average Bonchev–Trinajstić information content (AvgIpc) is 2.26. The topological polar surface area (TPSA) is 88.5 Å². The molecule has 0 radical (unpaired) electrons. The molecule has 0 bridgehead atoms. The van der Waals surface area contributed by atoms with Gasteiger partial charge in [0.15, 0.2) is 5.82 Å². The summed E-state index contributed by atoms with van der Waals surface area (Å²) in [6.45, 7) is 3.37. The normalized spacial score (nSPS) is 9.47. The fraction of sp³-hybridized carbons (Fsp3) is 0.100. The molecular weight excluding hydrogens is 248 g/mol. The molecule has 1 aromatic rings. The molecule has 1 amide bonds. The van der Waals surface area contributed by atoms with Crippen molar-refractivity contribution in [3.63, 3.8) is 0 Å². The second kappa shape index (κ2) is 5.86. The third-order valence-corrected chi connectivity index (χ3v) is 1.85. The first kappa shape index (κ1) is 13.0. The van der Waals surface area contributed by atoms with E-state index in [0.29, 0.717) is 0 Å². The summed E-state index contributed by atoms with van der Waals surface area (Å²) in [6.07, 6.45) is 0.547. The van der Waals surface area contributed by atoms with E-state index in [4.69, 9.17) is 16.7 Å². The molecule has 0 aliphatic heterocycles. The van der Waals surface area contributed by atoms with Gasteiger partial charge >= 0.3 is 12.1 Å². The van der Waals surface area contributed by atoms with Crippen LogP contribution in [0.4, 0.5) is 10.6 Å². The Labute approximate surface area is 102 Å². The van der Waals surface area contributed by atoms with E-state index >= 15 is 0 Å². The Bertz CT molecular complexity index is 462. The lowest BCUT2D eigenvalue weighted by Crippen LogP contribution is -2.17. The number of carboxylic acid groups (broad SMARTS) is 1. The average molecular weight is 257 g/mol. The maximum absolute atomic E-state index is 11.2. The van der Waals surface area contributed by atoms with E-state index < -0.39 is 12.1 Å². The maximum atomic E-state index is 11.2. The molecule has 0 saturated heterocycles. The molecule has 1 aromatic heterocycles. The fourth-order valence-electron chi connectivity index (χ4n) is 0.971. The van der Waals surface area contributed by atoms with Crippen LogP contribution < -0.4 is 5.32 Å². The van der Waals surface area contributed by atoms with Gasteiger partial charge in [0.25, 0.3) is 0 Å². The Balaban J connectivity index is 2.88. The van der Waals surface area contributed by atoms with Crippen molar-refractivity contribution in [2.75, 3.05) is 11.9 Å². The highest BCUT2D eigenvalue weighted by atomic mass is 35.5. The van der Waals surface area contributed by atoms with Crippen LogP contribution in [0.15, 0.2) is 24.8 Å². The first-order chi connectivity index (χ1) is 8.04. The van der Waals surface area contributed by atoms with Crippen LogP contribution >= 0.6 is 11.6 Å². The Kier molecular flexibility index (Phi) is 4.47. The highest BCUT2D eigenvalue weighted by molar-refractivity contribution is 6.29. The van der Waals surface area contributed by atoms with Crippen LogP contribution in [0.2, 0.25) is 5.15 Å². The van der Waals surface area contributed by atoms with Crippen molar-refractivity contribution in [2.45, 2.75) is 0 Å². The summed E-state index contributed by atoms with van der Waals surface area (Å²) in [5.74, 6) is -1.40. The van der Waals surface area contributed by atoms with E-state index in [9.17, 15) is 9.59 Å². The number of nitrogens with one attached hydrogen (secondary N) is 1. The molecule has 90 valence electrons. The minimum absolute atomic E-state index is 0.00873. The molecule has 17 heavy (non-hydrogen) atoms. The Hall–Kier alpha value is -2.08. The van der Waals surface area contributed by atoms with Gasteiger partial charge in [-0.05, 0) is 12.1 Å². The molecule has 0 fully saturated rings. The second-order valence-corrected chi connectivity index (χ2v) is 3.23. The Morgan fingerprint density at radius 1 is 1.59 bits per heavy atom. The predicted molar refractivity (Wildman–Crippen MR) is 61.4 cm³/mol. The van der Waals surface area contributed by atoms with Crippen molar-refractivity contribution in [1.29, 1.82) is 0 Å². The molecule has 0 aromatic carbocycles. The molecule has 0 aliphatic carbocycles. The van der Waals surface area contributed by atoms with E-state index in [1.54, 1.807) is 0 Å². The number of hydrogen-bond donors (Lipinski definition) is 2. The first-order valence-corrected chi connectivity index (χ1v) is 4.87. The molecule has 6 nitrogen and oxygen atoms in total. The van der Waals surface area contributed by atoms with E-state index in [0.717, 1.165) is 0 Å². The first-order valence-electron chi connectivity index (χ1n) is 4.49. The molecule has 7 heteroatoms. The number of rotatable bonds is 4. The quantitative estimate of drug-likeness (QED) is 0.637. The largest absolute Gasteiger partial charge is 0.478 e. The summed E-state index contributed by atoms with van der Waals surface area (Å²) in [7, 11) is 0. The molecule has 0 saturated carbocycles. The van der Waals surface area contributed by atoms with Gasteiger partial charge in [0.05, 0.1) is 0 Å². The highest BCUT2D eigenvalue weighted by Gasteiger charge is 2.14. The van der Waals surface area contributed by atoms with Crippen molar-refractivity contribution in [1.82, 2.24) is 4.98 Å². The van der Waals surface area contributed by atoms with Gasteiger partial charge in [0.1, 0.15) is 17.3 Å². The Morgan fingerprint density at radius 3 is 2.88 bits per heavy atom. The number of aromatic nitrogens is 1. The van der Waals surface area contributed by atoms with E-state index in [2.05, 4.69) is 21.6 Å². The van der Waals surface area contributed by atoms with Crippen molar-refractivity contribution in [2.24, 2.45) is 0 Å². The van der Waals surface area contributed by atoms with Crippen LogP contribution in [0, 0.1) is 0 Å². The van der Waals surface area contributed by atoms with Gasteiger partial charge in [0.2, 0.25) is 0 Å². The van der Waals surface area contributed by atoms with Crippen LogP contribution in [-0.2, 0) is 4.74 Å². The smallest absolute Gasteiger partial charge is 0.413 e. The SMILES string of the molecule is C=CCOC(=O)Nc1nc(Cl)ccc1C(=O)O. The summed E-state index contributed by atoms with van der Waals surface area (Å²) in [6, 6.07) is 2.55.